The van der Waals surface area contributed by atoms with Crippen molar-refractivity contribution >= 4 is 23.4 Å². The Hall–Kier alpha value is -2.54. The highest BCUT2D eigenvalue weighted by molar-refractivity contribution is 6.30. The summed E-state index contributed by atoms with van der Waals surface area (Å²) in [6.45, 7) is 9.25. The van der Waals surface area contributed by atoms with Crippen LogP contribution in [0.5, 0.6) is 5.75 Å². The minimum atomic E-state index is -0.612. The van der Waals surface area contributed by atoms with Crippen molar-refractivity contribution in [2.45, 2.75) is 40.2 Å². The quantitative estimate of drug-likeness (QED) is 0.744. The Morgan fingerprint density at radius 3 is 2.41 bits per heavy atom. The zero-order valence-corrected chi connectivity index (χ0v) is 18.0. The van der Waals surface area contributed by atoms with E-state index in [1.807, 2.05) is 20.8 Å². The van der Waals surface area contributed by atoms with E-state index in [0.717, 1.165) is 16.8 Å². The lowest BCUT2D eigenvalue weighted by Gasteiger charge is -2.36. The first-order chi connectivity index (χ1) is 13.8. The number of benzene rings is 1. The SMILES string of the molecule is Cc1cc(Cl)ccc1OC(C)C(=O)N1CCN(C(=O)Cc2c(C)noc2C)CC1. The molecule has 1 atom stereocenters. The van der Waals surface area contributed by atoms with Gasteiger partial charge in [0.15, 0.2) is 6.10 Å². The Morgan fingerprint density at radius 2 is 1.83 bits per heavy atom. The topological polar surface area (TPSA) is 75.9 Å². The lowest BCUT2D eigenvalue weighted by Crippen LogP contribution is -2.53. The second-order valence-corrected chi connectivity index (χ2v) is 7.79. The third-order valence-corrected chi connectivity index (χ3v) is 5.48. The van der Waals surface area contributed by atoms with Crippen molar-refractivity contribution in [3.8, 4) is 5.75 Å². The number of carbonyl (C=O) groups is 2. The molecular formula is C21H26ClN3O4. The summed E-state index contributed by atoms with van der Waals surface area (Å²) in [6.07, 6.45) is -0.343. The molecule has 0 radical (unpaired) electrons. The van der Waals surface area contributed by atoms with Crippen LogP contribution in [0.2, 0.25) is 5.02 Å². The number of aryl methyl sites for hydroxylation is 3. The Kier molecular flexibility index (Phi) is 6.47. The molecule has 1 unspecified atom stereocenters. The van der Waals surface area contributed by atoms with Crippen molar-refractivity contribution in [2.24, 2.45) is 0 Å². The second kappa shape index (κ2) is 8.86. The molecule has 3 rings (SSSR count). The van der Waals surface area contributed by atoms with Crippen LogP contribution < -0.4 is 4.74 Å². The van der Waals surface area contributed by atoms with Gasteiger partial charge in [0.25, 0.3) is 5.91 Å². The third-order valence-electron chi connectivity index (χ3n) is 5.24. The number of aromatic nitrogens is 1. The van der Waals surface area contributed by atoms with E-state index in [1.165, 1.54) is 0 Å². The van der Waals surface area contributed by atoms with Gasteiger partial charge >= 0.3 is 0 Å². The molecule has 29 heavy (non-hydrogen) atoms. The van der Waals surface area contributed by atoms with Gasteiger partial charge in [-0.15, -0.1) is 0 Å². The fraction of sp³-hybridized carbons (Fsp3) is 0.476. The number of ether oxygens (including phenoxy) is 1. The summed E-state index contributed by atoms with van der Waals surface area (Å²) in [5, 5.41) is 4.53. The summed E-state index contributed by atoms with van der Waals surface area (Å²) >= 11 is 5.97. The summed E-state index contributed by atoms with van der Waals surface area (Å²) in [5.74, 6) is 1.25. The molecule has 0 aliphatic carbocycles. The first kappa shape index (κ1) is 21.2. The number of piperazine rings is 1. The fourth-order valence-corrected chi connectivity index (χ4v) is 3.66. The van der Waals surface area contributed by atoms with Gasteiger partial charge < -0.3 is 19.1 Å². The lowest BCUT2D eigenvalue weighted by atomic mass is 10.1. The molecule has 0 spiro atoms. The average Bonchev–Trinajstić information content (AvgIpc) is 3.01. The van der Waals surface area contributed by atoms with Crippen LogP contribution in [0.4, 0.5) is 0 Å². The smallest absolute Gasteiger partial charge is 0.263 e. The van der Waals surface area contributed by atoms with Gasteiger partial charge in [0.1, 0.15) is 11.5 Å². The molecular weight excluding hydrogens is 394 g/mol. The van der Waals surface area contributed by atoms with Crippen molar-refractivity contribution in [3.05, 3.63) is 45.8 Å². The average molecular weight is 420 g/mol. The Labute approximate surface area is 175 Å². The predicted molar refractivity (Wildman–Crippen MR) is 109 cm³/mol. The van der Waals surface area contributed by atoms with Crippen LogP contribution >= 0.6 is 11.6 Å². The predicted octanol–water partition coefficient (Wildman–Crippen LogP) is 2.93. The standard InChI is InChI=1S/C21H26ClN3O4/c1-13-11-17(22)5-6-19(13)28-16(4)21(27)25-9-7-24(8-10-25)20(26)12-18-14(2)23-29-15(18)3/h5-6,11,16H,7-10,12H2,1-4H3. The summed E-state index contributed by atoms with van der Waals surface area (Å²) in [7, 11) is 0. The van der Waals surface area contributed by atoms with E-state index < -0.39 is 6.10 Å². The van der Waals surface area contributed by atoms with Crippen LogP contribution in [0.15, 0.2) is 22.7 Å². The molecule has 8 heteroatoms. The maximum Gasteiger partial charge on any atom is 0.263 e. The Bertz CT molecular complexity index is 884. The highest BCUT2D eigenvalue weighted by Crippen LogP contribution is 2.23. The van der Waals surface area contributed by atoms with Crippen molar-refractivity contribution in [1.29, 1.82) is 0 Å². The van der Waals surface area contributed by atoms with E-state index in [1.54, 1.807) is 34.9 Å². The van der Waals surface area contributed by atoms with Crippen LogP contribution in [-0.4, -0.2) is 59.1 Å². The molecule has 0 bridgehead atoms. The Morgan fingerprint density at radius 1 is 1.17 bits per heavy atom. The molecule has 2 amide bonds. The molecule has 0 N–H and O–H groups in total. The molecule has 1 aliphatic heterocycles. The first-order valence-electron chi connectivity index (χ1n) is 9.67. The maximum absolute atomic E-state index is 12.8. The minimum Gasteiger partial charge on any atom is -0.481 e. The molecule has 0 saturated carbocycles. The maximum atomic E-state index is 12.8. The number of nitrogens with zero attached hydrogens (tertiary/aromatic N) is 3. The van der Waals surface area contributed by atoms with Gasteiger partial charge in [0.2, 0.25) is 5.91 Å². The van der Waals surface area contributed by atoms with Crippen molar-refractivity contribution in [2.75, 3.05) is 26.2 Å². The van der Waals surface area contributed by atoms with Gasteiger partial charge in [0.05, 0.1) is 12.1 Å². The molecule has 2 aromatic rings. The number of halogens is 1. The summed E-state index contributed by atoms with van der Waals surface area (Å²) < 4.78 is 11.0. The second-order valence-electron chi connectivity index (χ2n) is 7.36. The van der Waals surface area contributed by atoms with Crippen molar-refractivity contribution in [1.82, 2.24) is 15.0 Å². The molecule has 1 aliphatic rings. The first-order valence-corrected chi connectivity index (χ1v) is 10.0. The zero-order chi connectivity index (χ0) is 21.1. The van der Waals surface area contributed by atoms with Gasteiger partial charge in [0, 0.05) is 36.8 Å². The number of hydrogen-bond acceptors (Lipinski definition) is 5. The van der Waals surface area contributed by atoms with Crippen molar-refractivity contribution < 1.29 is 18.8 Å². The number of carbonyl (C=O) groups excluding carboxylic acids is 2. The molecule has 1 saturated heterocycles. The van der Waals surface area contributed by atoms with Crippen LogP contribution in [0.25, 0.3) is 0 Å². The van der Waals surface area contributed by atoms with E-state index in [0.29, 0.717) is 42.7 Å². The highest BCUT2D eigenvalue weighted by Gasteiger charge is 2.28. The largest absolute Gasteiger partial charge is 0.481 e. The number of amides is 2. The van der Waals surface area contributed by atoms with E-state index in [4.69, 9.17) is 20.9 Å². The normalized spacial score (nSPS) is 15.3. The zero-order valence-electron chi connectivity index (χ0n) is 17.2. The van der Waals surface area contributed by atoms with Crippen LogP contribution in [0.1, 0.15) is 29.5 Å². The van der Waals surface area contributed by atoms with E-state index in [9.17, 15) is 9.59 Å². The van der Waals surface area contributed by atoms with Crippen LogP contribution in [-0.2, 0) is 16.0 Å². The fourth-order valence-electron chi connectivity index (χ4n) is 3.44. The minimum absolute atomic E-state index is 0.0209. The van der Waals surface area contributed by atoms with Crippen LogP contribution in [0.3, 0.4) is 0 Å². The number of hydrogen-bond donors (Lipinski definition) is 0. The summed E-state index contributed by atoms with van der Waals surface area (Å²) in [6, 6.07) is 5.31. The van der Waals surface area contributed by atoms with Gasteiger partial charge in [-0.2, -0.15) is 0 Å². The van der Waals surface area contributed by atoms with Gasteiger partial charge in [-0.3, -0.25) is 9.59 Å². The highest BCUT2D eigenvalue weighted by atomic mass is 35.5. The molecule has 1 aromatic heterocycles. The molecule has 1 fully saturated rings. The third kappa shape index (κ3) is 4.90. The monoisotopic (exact) mass is 419 g/mol. The van der Waals surface area contributed by atoms with Gasteiger partial charge in [-0.25, -0.2) is 0 Å². The van der Waals surface area contributed by atoms with E-state index in [-0.39, 0.29) is 18.2 Å². The summed E-state index contributed by atoms with van der Waals surface area (Å²) in [4.78, 5) is 28.9. The van der Waals surface area contributed by atoms with Crippen molar-refractivity contribution in [3.63, 3.8) is 0 Å². The van der Waals surface area contributed by atoms with Crippen LogP contribution in [0, 0.1) is 20.8 Å². The van der Waals surface area contributed by atoms with Gasteiger partial charge in [-0.1, -0.05) is 16.8 Å². The molecule has 2 heterocycles. The number of rotatable bonds is 5. The molecule has 1 aromatic carbocycles. The molecule has 7 nitrogen and oxygen atoms in total. The van der Waals surface area contributed by atoms with E-state index >= 15 is 0 Å². The van der Waals surface area contributed by atoms with Gasteiger partial charge in [-0.05, 0) is 51.5 Å². The lowest BCUT2D eigenvalue weighted by molar-refractivity contribution is -0.143. The summed E-state index contributed by atoms with van der Waals surface area (Å²) in [5.41, 5.74) is 2.47. The molecule has 156 valence electrons. The van der Waals surface area contributed by atoms with E-state index in [2.05, 4.69) is 5.16 Å². The Balaban J connectivity index is 1.53.